The lowest BCUT2D eigenvalue weighted by atomic mass is 9.89. The molecular formula is C17H26N4OS. The van der Waals surface area contributed by atoms with Crippen LogP contribution in [0.4, 0.5) is 5.13 Å². The topological polar surface area (TPSA) is 51.5 Å². The van der Waals surface area contributed by atoms with Crippen LogP contribution < -0.4 is 5.32 Å². The van der Waals surface area contributed by atoms with Crippen LogP contribution in [0.25, 0.3) is 4.96 Å². The Labute approximate surface area is 141 Å². The SMILES string of the molecule is CC(C)(C)c1cn2nc(NC3CCOC4(CCCC4)C3)sc2n1. The van der Waals surface area contributed by atoms with Gasteiger partial charge in [-0.3, -0.25) is 0 Å². The molecule has 5 nitrogen and oxygen atoms in total. The summed E-state index contributed by atoms with van der Waals surface area (Å²) < 4.78 is 8.03. The summed E-state index contributed by atoms with van der Waals surface area (Å²) >= 11 is 1.65. The van der Waals surface area contributed by atoms with Crippen molar-refractivity contribution in [2.24, 2.45) is 0 Å². The van der Waals surface area contributed by atoms with Gasteiger partial charge >= 0.3 is 0 Å². The minimum atomic E-state index is 0.0660. The van der Waals surface area contributed by atoms with Gasteiger partial charge in [-0.2, -0.15) is 0 Å². The van der Waals surface area contributed by atoms with E-state index in [4.69, 9.17) is 9.72 Å². The summed E-state index contributed by atoms with van der Waals surface area (Å²) in [6, 6.07) is 0.472. The molecule has 3 heterocycles. The van der Waals surface area contributed by atoms with E-state index in [1.54, 1.807) is 11.3 Å². The van der Waals surface area contributed by atoms with Gasteiger partial charge in [0, 0.05) is 18.1 Å². The molecule has 126 valence electrons. The number of aromatic nitrogens is 3. The lowest BCUT2D eigenvalue weighted by molar-refractivity contribution is -0.0767. The van der Waals surface area contributed by atoms with E-state index in [2.05, 4.69) is 37.4 Å². The van der Waals surface area contributed by atoms with Crippen LogP contribution >= 0.6 is 11.3 Å². The zero-order chi connectivity index (χ0) is 16.1. The maximum atomic E-state index is 6.12. The number of hydrogen-bond acceptors (Lipinski definition) is 5. The van der Waals surface area contributed by atoms with E-state index in [0.29, 0.717) is 6.04 Å². The van der Waals surface area contributed by atoms with Gasteiger partial charge in [0.2, 0.25) is 10.1 Å². The Morgan fingerprint density at radius 1 is 1.35 bits per heavy atom. The first kappa shape index (κ1) is 15.4. The molecule has 2 aromatic heterocycles. The van der Waals surface area contributed by atoms with Gasteiger partial charge in [0.05, 0.1) is 17.5 Å². The average Bonchev–Trinajstić information content (AvgIpc) is 3.13. The zero-order valence-electron chi connectivity index (χ0n) is 14.3. The number of anilines is 1. The molecule has 23 heavy (non-hydrogen) atoms. The summed E-state index contributed by atoms with van der Waals surface area (Å²) in [5.74, 6) is 0. The van der Waals surface area contributed by atoms with Crippen molar-refractivity contribution in [3.63, 3.8) is 0 Å². The van der Waals surface area contributed by atoms with Gasteiger partial charge in [0.1, 0.15) is 0 Å². The van der Waals surface area contributed by atoms with Gasteiger partial charge in [-0.1, -0.05) is 44.9 Å². The summed E-state index contributed by atoms with van der Waals surface area (Å²) in [4.78, 5) is 5.70. The van der Waals surface area contributed by atoms with Crippen LogP contribution in [0, 0.1) is 0 Å². The Morgan fingerprint density at radius 2 is 2.13 bits per heavy atom. The Hall–Kier alpha value is -1.14. The van der Waals surface area contributed by atoms with Gasteiger partial charge in [-0.15, -0.1) is 5.10 Å². The molecule has 2 aliphatic rings. The van der Waals surface area contributed by atoms with E-state index >= 15 is 0 Å². The van der Waals surface area contributed by atoms with Crippen molar-refractivity contribution in [1.82, 2.24) is 14.6 Å². The second-order valence-electron chi connectivity index (χ2n) is 8.08. The summed E-state index contributed by atoms with van der Waals surface area (Å²) in [5.41, 5.74) is 1.31. The number of rotatable bonds is 2. The summed E-state index contributed by atoms with van der Waals surface area (Å²) in [6.07, 6.45) is 9.31. The molecule has 2 fully saturated rings. The van der Waals surface area contributed by atoms with Crippen molar-refractivity contribution in [2.75, 3.05) is 11.9 Å². The molecule has 1 atom stereocenters. The Morgan fingerprint density at radius 3 is 2.83 bits per heavy atom. The van der Waals surface area contributed by atoms with E-state index in [0.717, 1.165) is 35.2 Å². The first-order valence-electron chi connectivity index (χ1n) is 8.71. The first-order chi connectivity index (χ1) is 10.9. The normalized spacial score (nSPS) is 24.6. The number of nitrogens with zero attached hydrogens (tertiary/aromatic N) is 3. The molecule has 1 saturated carbocycles. The molecule has 1 aliphatic heterocycles. The molecule has 6 heteroatoms. The number of hydrogen-bond donors (Lipinski definition) is 1. The number of imidazole rings is 1. The van der Waals surface area contributed by atoms with Crippen LogP contribution in [0.5, 0.6) is 0 Å². The monoisotopic (exact) mass is 334 g/mol. The molecule has 1 spiro atoms. The van der Waals surface area contributed by atoms with Crippen LogP contribution in [-0.4, -0.2) is 32.8 Å². The highest BCUT2D eigenvalue weighted by Crippen LogP contribution is 2.40. The predicted octanol–water partition coefficient (Wildman–Crippen LogP) is 3.99. The highest BCUT2D eigenvalue weighted by molar-refractivity contribution is 7.20. The van der Waals surface area contributed by atoms with Crippen molar-refractivity contribution < 1.29 is 4.74 Å². The maximum Gasteiger partial charge on any atom is 0.214 e. The third-order valence-electron chi connectivity index (χ3n) is 5.15. The lowest BCUT2D eigenvalue weighted by Gasteiger charge is -2.38. The van der Waals surface area contributed by atoms with Gasteiger partial charge < -0.3 is 10.1 Å². The fourth-order valence-electron chi connectivity index (χ4n) is 3.81. The second kappa shape index (κ2) is 5.45. The van der Waals surface area contributed by atoms with Crippen LogP contribution in [-0.2, 0) is 10.2 Å². The minimum Gasteiger partial charge on any atom is -0.375 e. The fraction of sp³-hybridized carbons (Fsp3) is 0.765. The van der Waals surface area contributed by atoms with Crippen molar-refractivity contribution >= 4 is 21.4 Å². The highest BCUT2D eigenvalue weighted by Gasteiger charge is 2.40. The molecule has 0 amide bonds. The quantitative estimate of drug-likeness (QED) is 0.902. The number of nitrogens with one attached hydrogen (secondary N) is 1. The fourth-order valence-corrected chi connectivity index (χ4v) is 4.67. The van der Waals surface area contributed by atoms with Gasteiger partial charge in [-0.05, 0) is 25.7 Å². The molecule has 0 radical (unpaired) electrons. The Balaban J connectivity index is 1.48. The van der Waals surface area contributed by atoms with Crippen LogP contribution in [0.1, 0.15) is 65.0 Å². The van der Waals surface area contributed by atoms with Crippen molar-refractivity contribution in [1.29, 1.82) is 0 Å². The Bertz CT molecular complexity index is 662. The molecule has 2 aromatic rings. The van der Waals surface area contributed by atoms with Crippen LogP contribution in [0.15, 0.2) is 6.20 Å². The molecule has 0 bridgehead atoms. The van der Waals surface area contributed by atoms with Gasteiger partial charge in [0.25, 0.3) is 0 Å². The molecule has 1 N–H and O–H groups in total. The van der Waals surface area contributed by atoms with Crippen molar-refractivity contribution in [2.45, 2.75) is 76.4 Å². The Kier molecular flexibility index (Phi) is 3.65. The van der Waals surface area contributed by atoms with E-state index in [1.807, 2.05) is 4.52 Å². The molecule has 1 aliphatic carbocycles. The zero-order valence-corrected chi connectivity index (χ0v) is 15.1. The summed E-state index contributed by atoms with van der Waals surface area (Å²) in [6.45, 7) is 7.42. The number of ether oxygens (including phenoxy) is 1. The summed E-state index contributed by atoms with van der Waals surface area (Å²) in [5, 5.41) is 9.29. The van der Waals surface area contributed by atoms with E-state index < -0.39 is 0 Å². The van der Waals surface area contributed by atoms with E-state index in [9.17, 15) is 0 Å². The minimum absolute atomic E-state index is 0.0660. The first-order valence-corrected chi connectivity index (χ1v) is 9.52. The largest absolute Gasteiger partial charge is 0.375 e. The van der Waals surface area contributed by atoms with E-state index in [1.165, 1.54) is 25.7 Å². The maximum absolute atomic E-state index is 6.12. The molecule has 0 aromatic carbocycles. The second-order valence-corrected chi connectivity index (χ2v) is 9.04. The summed E-state index contributed by atoms with van der Waals surface area (Å²) in [7, 11) is 0. The standard InChI is InChI=1S/C17H26N4OS/c1-16(2,3)13-11-21-15(19-13)23-14(20-21)18-12-6-9-22-17(10-12)7-4-5-8-17/h11-12H,4-10H2,1-3H3,(H,18,20). The smallest absolute Gasteiger partial charge is 0.214 e. The molecule has 1 saturated heterocycles. The van der Waals surface area contributed by atoms with Gasteiger partial charge in [-0.25, -0.2) is 9.50 Å². The molecule has 1 unspecified atom stereocenters. The molecule has 4 rings (SSSR count). The van der Waals surface area contributed by atoms with Crippen LogP contribution in [0.2, 0.25) is 0 Å². The third kappa shape index (κ3) is 2.98. The van der Waals surface area contributed by atoms with E-state index in [-0.39, 0.29) is 11.0 Å². The van der Waals surface area contributed by atoms with Gasteiger partial charge in [0.15, 0.2) is 0 Å². The predicted molar refractivity (Wildman–Crippen MR) is 93.4 cm³/mol. The van der Waals surface area contributed by atoms with Crippen molar-refractivity contribution in [3.8, 4) is 0 Å². The van der Waals surface area contributed by atoms with Crippen molar-refractivity contribution in [3.05, 3.63) is 11.9 Å². The number of fused-ring (bicyclic) bond motifs is 1. The molecular weight excluding hydrogens is 308 g/mol. The average molecular weight is 334 g/mol. The third-order valence-corrected chi connectivity index (χ3v) is 6.00. The van der Waals surface area contributed by atoms with Crippen LogP contribution in [0.3, 0.4) is 0 Å². The highest BCUT2D eigenvalue weighted by atomic mass is 32.1. The lowest BCUT2D eigenvalue weighted by Crippen LogP contribution is -2.42.